The third kappa shape index (κ3) is 4.60. The first-order chi connectivity index (χ1) is 4.12. The summed E-state index contributed by atoms with van der Waals surface area (Å²) in [6.45, 7) is 2.17. The summed E-state index contributed by atoms with van der Waals surface area (Å²) in [5.41, 5.74) is 0. The Hall–Kier alpha value is 0.110. The van der Waals surface area contributed by atoms with Crippen molar-refractivity contribution in [2.24, 2.45) is 0 Å². The molecule has 0 saturated heterocycles. The molecule has 56 valence electrons. The zero-order valence-corrected chi connectivity index (χ0v) is 6.43. The van der Waals surface area contributed by atoms with E-state index in [0.717, 1.165) is 0 Å². The third-order valence-corrected chi connectivity index (χ3v) is 1.82. The molecule has 0 heterocycles. The van der Waals surface area contributed by atoms with Crippen LogP contribution >= 0.6 is 7.60 Å². The van der Waals surface area contributed by atoms with Gasteiger partial charge in [-0.25, -0.2) is 0 Å². The molecule has 0 aliphatic heterocycles. The average Bonchev–Trinajstić information content (AvgIpc) is 1.84. The summed E-state index contributed by atoms with van der Waals surface area (Å²) in [6, 6.07) is 0. The highest BCUT2D eigenvalue weighted by atomic mass is 31.2. The maximum absolute atomic E-state index is 10.5. The maximum atomic E-state index is 10.5. The molecule has 0 radical (unpaired) electrons. The van der Waals surface area contributed by atoms with Gasteiger partial charge in [0.1, 0.15) is 6.35 Å². The predicted molar refractivity (Wildman–Crippen MR) is 33.3 cm³/mol. The quantitative estimate of drug-likeness (QED) is 0.609. The average molecular weight is 154 g/mol. The van der Waals surface area contributed by atoms with Crippen LogP contribution in [0.3, 0.4) is 0 Å². The molecular weight excluding hydrogens is 143 g/mol. The van der Waals surface area contributed by atoms with E-state index in [9.17, 15) is 4.57 Å². The van der Waals surface area contributed by atoms with Crippen LogP contribution in [0.4, 0.5) is 0 Å². The summed E-state index contributed by atoms with van der Waals surface area (Å²) in [7, 11) is -2.23. The second-order valence-electron chi connectivity index (χ2n) is 1.44. The van der Waals surface area contributed by atoms with E-state index in [1.165, 1.54) is 7.11 Å². The van der Waals surface area contributed by atoms with Crippen molar-refractivity contribution in [2.45, 2.75) is 6.92 Å². The third-order valence-electron chi connectivity index (χ3n) is 0.744. The van der Waals surface area contributed by atoms with E-state index < -0.39 is 7.60 Å². The van der Waals surface area contributed by atoms with Crippen LogP contribution in [-0.2, 0) is 13.8 Å². The fourth-order valence-corrected chi connectivity index (χ4v) is 0.778. The predicted octanol–water partition coefficient (Wildman–Crippen LogP) is 0.812. The second kappa shape index (κ2) is 4.01. The van der Waals surface area contributed by atoms with Gasteiger partial charge in [0.2, 0.25) is 0 Å². The molecule has 1 unspecified atom stereocenters. The topological polar surface area (TPSA) is 55.8 Å². The fourth-order valence-electron chi connectivity index (χ4n) is 0.259. The van der Waals surface area contributed by atoms with Gasteiger partial charge in [0.05, 0.1) is 0 Å². The zero-order valence-electron chi connectivity index (χ0n) is 5.53. The van der Waals surface area contributed by atoms with E-state index in [0.29, 0.717) is 6.61 Å². The van der Waals surface area contributed by atoms with E-state index in [1.54, 1.807) is 6.92 Å². The second-order valence-corrected chi connectivity index (χ2v) is 3.34. The Balaban J connectivity index is 3.46. The Morgan fingerprint density at radius 2 is 2.22 bits per heavy atom. The lowest BCUT2D eigenvalue weighted by atomic mass is 10.9. The molecule has 0 rings (SSSR count). The maximum Gasteiger partial charge on any atom is 0.353 e. The minimum Gasteiger partial charge on any atom is -0.369 e. The van der Waals surface area contributed by atoms with Gasteiger partial charge in [0.15, 0.2) is 0 Å². The van der Waals surface area contributed by atoms with Crippen molar-refractivity contribution in [3.8, 4) is 0 Å². The highest BCUT2D eigenvalue weighted by molar-refractivity contribution is 7.52. The van der Waals surface area contributed by atoms with Gasteiger partial charge in [-0.05, 0) is 6.92 Å². The molecule has 0 bridgehead atoms. The number of ether oxygens (including phenoxy) is 1. The molecule has 0 aromatic heterocycles. The zero-order chi connectivity index (χ0) is 7.33. The molecule has 4 nitrogen and oxygen atoms in total. The highest BCUT2D eigenvalue weighted by Crippen LogP contribution is 2.40. The first-order valence-corrected chi connectivity index (χ1v) is 4.34. The molecule has 0 aliphatic carbocycles. The molecule has 0 aromatic rings. The summed E-state index contributed by atoms with van der Waals surface area (Å²) in [5, 5.41) is 0. The lowest BCUT2D eigenvalue weighted by Crippen LogP contribution is -1.95. The molecule has 0 amide bonds. The van der Waals surface area contributed by atoms with Gasteiger partial charge in [-0.2, -0.15) is 0 Å². The van der Waals surface area contributed by atoms with Crippen LogP contribution in [0.5, 0.6) is 0 Å². The first-order valence-electron chi connectivity index (χ1n) is 2.57. The van der Waals surface area contributed by atoms with Crippen LogP contribution in [0.1, 0.15) is 6.92 Å². The van der Waals surface area contributed by atoms with Gasteiger partial charge in [-0.15, -0.1) is 0 Å². The van der Waals surface area contributed by atoms with Gasteiger partial charge in [-0.1, -0.05) is 0 Å². The van der Waals surface area contributed by atoms with Crippen LogP contribution in [0, 0.1) is 0 Å². The summed E-state index contributed by atoms with van der Waals surface area (Å²) in [5.74, 6) is 0. The van der Waals surface area contributed by atoms with E-state index in [4.69, 9.17) is 4.89 Å². The Bertz CT molecular complexity index is 113. The summed E-state index contributed by atoms with van der Waals surface area (Å²) in [4.78, 5) is 8.66. The molecule has 1 N–H and O–H groups in total. The summed E-state index contributed by atoms with van der Waals surface area (Å²) >= 11 is 0. The highest BCUT2D eigenvalue weighted by Gasteiger charge is 2.15. The molecule has 0 spiro atoms. The van der Waals surface area contributed by atoms with Crippen molar-refractivity contribution in [3.63, 3.8) is 0 Å². The molecule has 1 atom stereocenters. The number of hydrogen-bond acceptors (Lipinski definition) is 3. The standard InChI is InChI=1S/C4H11O4P/c1-3-8-4-9(5,6)7-2/h3-4H2,1-2H3,(H,5,6). The van der Waals surface area contributed by atoms with Crippen LogP contribution in [-0.4, -0.2) is 25.0 Å². The molecule has 0 fully saturated rings. The first kappa shape index (κ1) is 9.11. The van der Waals surface area contributed by atoms with Gasteiger partial charge in [0, 0.05) is 13.7 Å². The normalized spacial score (nSPS) is 17.2. The SMILES string of the molecule is CCOCP(=O)(O)OC. The van der Waals surface area contributed by atoms with Gasteiger partial charge in [-0.3, -0.25) is 4.57 Å². The Morgan fingerprint density at radius 3 is 2.56 bits per heavy atom. The number of rotatable bonds is 4. The Morgan fingerprint density at radius 1 is 1.67 bits per heavy atom. The monoisotopic (exact) mass is 154 g/mol. The van der Waals surface area contributed by atoms with E-state index in [2.05, 4.69) is 9.26 Å². The summed E-state index contributed by atoms with van der Waals surface area (Å²) < 4.78 is 19.4. The summed E-state index contributed by atoms with van der Waals surface area (Å²) in [6.07, 6.45) is -0.222. The molecule has 0 saturated carbocycles. The van der Waals surface area contributed by atoms with Gasteiger partial charge < -0.3 is 14.2 Å². The molecular formula is C4H11O4P. The van der Waals surface area contributed by atoms with E-state index >= 15 is 0 Å². The van der Waals surface area contributed by atoms with Crippen molar-refractivity contribution in [3.05, 3.63) is 0 Å². The van der Waals surface area contributed by atoms with Crippen molar-refractivity contribution in [2.75, 3.05) is 20.1 Å². The van der Waals surface area contributed by atoms with Crippen molar-refractivity contribution in [1.82, 2.24) is 0 Å². The van der Waals surface area contributed by atoms with Crippen LogP contribution in [0.2, 0.25) is 0 Å². The van der Waals surface area contributed by atoms with Gasteiger partial charge in [0.25, 0.3) is 0 Å². The lowest BCUT2D eigenvalue weighted by Gasteiger charge is -2.06. The number of hydrogen-bond donors (Lipinski definition) is 1. The van der Waals surface area contributed by atoms with Crippen LogP contribution in [0.25, 0.3) is 0 Å². The van der Waals surface area contributed by atoms with Crippen LogP contribution in [0.15, 0.2) is 0 Å². The molecule has 9 heavy (non-hydrogen) atoms. The Labute approximate surface area is 54.3 Å². The molecule has 0 aliphatic rings. The minimum absolute atomic E-state index is 0.222. The van der Waals surface area contributed by atoms with Crippen molar-refractivity contribution < 1.29 is 18.7 Å². The Kier molecular flexibility index (Phi) is 4.06. The minimum atomic E-state index is -3.41. The van der Waals surface area contributed by atoms with E-state index in [1.807, 2.05) is 0 Å². The smallest absolute Gasteiger partial charge is 0.353 e. The van der Waals surface area contributed by atoms with Gasteiger partial charge >= 0.3 is 7.60 Å². The molecule has 5 heteroatoms. The van der Waals surface area contributed by atoms with Crippen molar-refractivity contribution >= 4 is 7.60 Å². The van der Waals surface area contributed by atoms with Crippen molar-refractivity contribution in [1.29, 1.82) is 0 Å². The van der Waals surface area contributed by atoms with E-state index in [-0.39, 0.29) is 6.35 Å². The fraction of sp³-hybridized carbons (Fsp3) is 1.00. The van der Waals surface area contributed by atoms with Crippen LogP contribution < -0.4 is 0 Å². The molecule has 0 aromatic carbocycles. The largest absolute Gasteiger partial charge is 0.369 e. The lowest BCUT2D eigenvalue weighted by molar-refractivity contribution is 0.164.